The zero-order valence-electron chi connectivity index (χ0n) is 19.8. The molecule has 36 heavy (non-hydrogen) atoms. The summed E-state index contributed by atoms with van der Waals surface area (Å²) in [6.45, 7) is 0.286. The zero-order valence-corrected chi connectivity index (χ0v) is 19.8. The van der Waals surface area contributed by atoms with Gasteiger partial charge in [-0.25, -0.2) is 0 Å². The molecule has 1 fully saturated rings. The topological polar surface area (TPSA) is 101 Å². The van der Waals surface area contributed by atoms with Crippen molar-refractivity contribution in [2.45, 2.75) is 25.0 Å². The number of carbonyl (C=O) groups is 1. The largest absolute Gasteiger partial charge is 0.399 e. The number of aromatic nitrogens is 2. The molecule has 1 aliphatic rings. The third kappa shape index (κ3) is 5.04. The Morgan fingerprint density at radius 3 is 2.42 bits per heavy atom. The maximum absolute atomic E-state index is 13.5. The lowest BCUT2D eigenvalue weighted by molar-refractivity contribution is 0.0732. The number of likely N-dealkylation sites (tertiary alicyclic amines) is 1. The molecule has 4 aromatic rings. The summed E-state index contributed by atoms with van der Waals surface area (Å²) in [5, 5.41) is 18.8. The molecule has 0 saturated carbocycles. The van der Waals surface area contributed by atoms with Crippen molar-refractivity contribution < 1.29 is 19.3 Å². The Labute approximate surface area is 208 Å². The molecule has 1 aromatic heterocycles. The van der Waals surface area contributed by atoms with E-state index in [9.17, 15) is 9.90 Å². The first kappa shape index (κ1) is 23.4. The van der Waals surface area contributed by atoms with Crippen LogP contribution in [0.2, 0.25) is 0 Å². The number of amides is 1. The van der Waals surface area contributed by atoms with Crippen molar-refractivity contribution >= 4 is 11.6 Å². The number of nitrogens with zero attached hydrogens (tertiary/aromatic N) is 4. The fraction of sp³-hybridized carbons (Fsp3) is 0.214. The second kappa shape index (κ2) is 10.5. The van der Waals surface area contributed by atoms with Crippen molar-refractivity contribution in [1.82, 2.24) is 15.0 Å². The van der Waals surface area contributed by atoms with Gasteiger partial charge in [-0.3, -0.25) is 4.79 Å². The van der Waals surface area contributed by atoms with Gasteiger partial charge in [0.25, 0.3) is 11.8 Å². The average Bonchev–Trinajstić information content (AvgIpc) is 3.57. The van der Waals surface area contributed by atoms with Gasteiger partial charge in [0.05, 0.1) is 12.3 Å². The molecule has 0 bridgehead atoms. The zero-order chi connectivity index (χ0) is 24.9. The molecule has 5 rings (SSSR count). The van der Waals surface area contributed by atoms with E-state index in [-0.39, 0.29) is 18.3 Å². The highest BCUT2D eigenvalue weighted by Gasteiger charge is 2.38. The van der Waals surface area contributed by atoms with Crippen LogP contribution in [0.25, 0.3) is 11.1 Å². The van der Waals surface area contributed by atoms with Gasteiger partial charge in [0.15, 0.2) is 5.82 Å². The first-order valence-electron chi connectivity index (χ1n) is 11.7. The lowest BCUT2D eigenvalue weighted by atomic mass is 10.0. The van der Waals surface area contributed by atoms with E-state index in [0.717, 1.165) is 16.7 Å². The lowest BCUT2D eigenvalue weighted by Gasteiger charge is -2.21. The predicted molar refractivity (Wildman–Crippen MR) is 134 cm³/mol. The third-order valence-electron chi connectivity index (χ3n) is 6.19. The van der Waals surface area contributed by atoms with Crippen LogP contribution in [-0.2, 0) is 11.3 Å². The molecular weight excluding hydrogens is 456 g/mol. The van der Waals surface area contributed by atoms with Crippen molar-refractivity contribution in [3.63, 3.8) is 0 Å². The van der Waals surface area contributed by atoms with E-state index in [2.05, 4.69) is 15.3 Å². The third-order valence-corrected chi connectivity index (χ3v) is 6.19. The Balaban J connectivity index is 1.36. The summed E-state index contributed by atoms with van der Waals surface area (Å²) in [5.41, 5.74) is 4.32. The summed E-state index contributed by atoms with van der Waals surface area (Å²) in [6.07, 6.45) is -0.188. The van der Waals surface area contributed by atoms with Crippen LogP contribution in [0.15, 0.2) is 94.6 Å². The van der Waals surface area contributed by atoms with Gasteiger partial charge >= 0.3 is 0 Å². The number of hydrogen-bond acceptors (Lipinski definition) is 7. The first-order chi connectivity index (χ1) is 17.6. The maximum Gasteiger partial charge on any atom is 0.255 e. The Bertz CT molecular complexity index is 1340. The second-order valence-electron chi connectivity index (χ2n) is 8.63. The highest BCUT2D eigenvalue weighted by Crippen LogP contribution is 2.32. The molecule has 1 N–H and O–H groups in total. The molecule has 8 heteroatoms. The Kier molecular flexibility index (Phi) is 6.86. The molecule has 1 amide bonds. The Morgan fingerprint density at radius 1 is 1.06 bits per heavy atom. The van der Waals surface area contributed by atoms with Crippen LogP contribution in [0.5, 0.6) is 0 Å². The van der Waals surface area contributed by atoms with Gasteiger partial charge in [0.1, 0.15) is 19.3 Å². The monoisotopic (exact) mass is 482 g/mol. The van der Waals surface area contributed by atoms with Gasteiger partial charge in [-0.2, -0.15) is 4.98 Å². The first-order valence-corrected chi connectivity index (χ1v) is 11.7. The Morgan fingerprint density at radius 2 is 1.72 bits per heavy atom. The molecule has 1 unspecified atom stereocenters. The van der Waals surface area contributed by atoms with Gasteiger partial charge in [0.2, 0.25) is 0 Å². The van der Waals surface area contributed by atoms with E-state index in [4.69, 9.17) is 9.36 Å². The molecule has 0 radical (unpaired) electrons. The average molecular weight is 483 g/mol. The summed E-state index contributed by atoms with van der Waals surface area (Å²) in [5.74, 6) is 0.273. The summed E-state index contributed by atoms with van der Waals surface area (Å²) in [7, 11) is 1.47. The summed E-state index contributed by atoms with van der Waals surface area (Å²) in [6, 6.07) is 26.6. The molecule has 182 valence electrons. The van der Waals surface area contributed by atoms with Gasteiger partial charge in [-0.15, -0.1) is 0 Å². The van der Waals surface area contributed by atoms with Crippen LogP contribution in [0.3, 0.4) is 0 Å². The normalized spacial score (nSPS) is 17.3. The van der Waals surface area contributed by atoms with Crippen LogP contribution < -0.4 is 0 Å². The van der Waals surface area contributed by atoms with Crippen LogP contribution >= 0.6 is 0 Å². The predicted octanol–water partition coefficient (Wildman–Crippen LogP) is 4.60. The minimum atomic E-state index is -0.947. The molecule has 8 nitrogen and oxygen atoms in total. The highest BCUT2D eigenvalue weighted by atomic mass is 16.6. The number of aliphatic hydroxyl groups is 1. The van der Waals surface area contributed by atoms with Crippen molar-refractivity contribution in [3.05, 3.63) is 108 Å². The molecule has 2 heterocycles. The van der Waals surface area contributed by atoms with Gasteiger partial charge < -0.3 is 19.4 Å². The van der Waals surface area contributed by atoms with E-state index in [1.165, 1.54) is 7.11 Å². The summed E-state index contributed by atoms with van der Waals surface area (Å²) in [4.78, 5) is 24.6. The van der Waals surface area contributed by atoms with E-state index in [0.29, 0.717) is 29.9 Å². The SMILES string of the molecule is CO/N=C1\C[C@@H](c2noc(C(O)Cc3ccccc3)n2)N(C(=O)c2ccc(-c3ccccc3)cc2)C1. The van der Waals surface area contributed by atoms with Crippen molar-refractivity contribution in [1.29, 1.82) is 0 Å². The van der Waals surface area contributed by atoms with E-state index < -0.39 is 12.1 Å². The standard InChI is InChI=1S/C28H26N4O4/c1-35-30-23-17-24(26-29-27(36-31-26)25(33)16-19-8-4-2-5-9-19)32(18-23)28(34)22-14-12-21(13-15-22)20-10-6-3-7-11-20/h2-15,24-25,33H,16-18H2,1H3/b30-23+/t24-,25?/m0/s1. The highest BCUT2D eigenvalue weighted by molar-refractivity contribution is 6.00. The fourth-order valence-electron chi connectivity index (χ4n) is 4.39. The van der Waals surface area contributed by atoms with Crippen LogP contribution in [0, 0.1) is 0 Å². The number of rotatable bonds is 7. The number of hydrogen-bond donors (Lipinski definition) is 1. The van der Waals surface area contributed by atoms with Crippen LogP contribution in [0.4, 0.5) is 0 Å². The quantitative estimate of drug-likeness (QED) is 0.386. The van der Waals surface area contributed by atoms with Crippen molar-refractivity contribution in [2.75, 3.05) is 13.7 Å². The minimum Gasteiger partial charge on any atom is -0.399 e. The number of benzene rings is 3. The lowest BCUT2D eigenvalue weighted by Crippen LogP contribution is -2.31. The van der Waals surface area contributed by atoms with Crippen molar-refractivity contribution in [3.8, 4) is 11.1 Å². The fourth-order valence-corrected chi connectivity index (χ4v) is 4.39. The second-order valence-corrected chi connectivity index (χ2v) is 8.63. The molecular formula is C28H26N4O4. The van der Waals surface area contributed by atoms with E-state index >= 15 is 0 Å². The van der Waals surface area contributed by atoms with Crippen LogP contribution in [-0.4, -0.2) is 45.4 Å². The molecule has 0 aliphatic carbocycles. The molecule has 1 saturated heterocycles. The summed E-state index contributed by atoms with van der Waals surface area (Å²) >= 11 is 0. The summed E-state index contributed by atoms with van der Waals surface area (Å²) < 4.78 is 5.38. The maximum atomic E-state index is 13.5. The minimum absolute atomic E-state index is 0.116. The van der Waals surface area contributed by atoms with Gasteiger partial charge in [0, 0.05) is 18.4 Å². The molecule has 1 aliphatic heterocycles. The van der Waals surface area contributed by atoms with Gasteiger partial charge in [-0.05, 0) is 28.8 Å². The number of aliphatic hydroxyl groups excluding tert-OH is 1. The smallest absolute Gasteiger partial charge is 0.255 e. The molecule has 0 spiro atoms. The number of oxime groups is 1. The van der Waals surface area contributed by atoms with Crippen molar-refractivity contribution in [2.24, 2.45) is 5.16 Å². The molecule has 3 aromatic carbocycles. The molecule has 2 atom stereocenters. The number of carbonyl (C=O) groups excluding carboxylic acids is 1. The Hall–Kier alpha value is -4.30. The van der Waals surface area contributed by atoms with E-state index in [1.807, 2.05) is 84.9 Å². The van der Waals surface area contributed by atoms with Crippen LogP contribution in [0.1, 0.15) is 46.2 Å². The van der Waals surface area contributed by atoms with E-state index in [1.54, 1.807) is 4.90 Å². The van der Waals surface area contributed by atoms with Gasteiger partial charge in [-0.1, -0.05) is 83.1 Å².